The number of aromatic amines is 1. The lowest BCUT2D eigenvalue weighted by Crippen LogP contribution is -2.36. The summed E-state index contributed by atoms with van der Waals surface area (Å²) in [5.41, 5.74) is 4.79. The smallest absolute Gasteiger partial charge is 0.236 e. The number of hydrogen-bond donors (Lipinski definition) is 1. The monoisotopic (exact) mass is 341 g/mol. The van der Waals surface area contributed by atoms with Crippen molar-refractivity contribution in [3.05, 3.63) is 47.0 Å². The van der Waals surface area contributed by atoms with Crippen LogP contribution in [0.15, 0.2) is 24.5 Å². The molecule has 0 radical (unpaired) electrons. The molecular weight excluding hydrogens is 314 g/mol. The van der Waals surface area contributed by atoms with Crippen LogP contribution in [0, 0.1) is 0 Å². The second kappa shape index (κ2) is 8.25. The summed E-state index contributed by atoms with van der Waals surface area (Å²) in [5.74, 6) is 0.113. The molecule has 1 aliphatic carbocycles. The first-order valence-corrected chi connectivity index (χ1v) is 9.00. The normalized spacial score (nSPS) is 14.2. The van der Waals surface area contributed by atoms with Crippen LogP contribution in [0.1, 0.15) is 41.8 Å². The van der Waals surface area contributed by atoms with Gasteiger partial charge >= 0.3 is 0 Å². The molecule has 1 aliphatic rings. The van der Waals surface area contributed by atoms with Crippen LogP contribution in [-0.4, -0.2) is 51.5 Å². The number of pyridine rings is 1. The fraction of sp³-hybridized carbons (Fsp3) is 0.526. The van der Waals surface area contributed by atoms with E-state index in [1.54, 1.807) is 17.3 Å². The van der Waals surface area contributed by atoms with Crippen LogP contribution in [0.25, 0.3) is 0 Å². The van der Waals surface area contributed by atoms with E-state index in [0.29, 0.717) is 13.1 Å². The summed E-state index contributed by atoms with van der Waals surface area (Å²) < 4.78 is 0. The van der Waals surface area contributed by atoms with Gasteiger partial charge < -0.3 is 4.90 Å². The van der Waals surface area contributed by atoms with Crippen molar-refractivity contribution in [2.24, 2.45) is 0 Å². The summed E-state index contributed by atoms with van der Waals surface area (Å²) in [6.07, 6.45) is 9.42. The number of amides is 1. The maximum Gasteiger partial charge on any atom is 0.236 e. The molecule has 0 saturated heterocycles. The molecular formula is C19H27N5O. The predicted molar refractivity (Wildman–Crippen MR) is 96.9 cm³/mol. The number of likely N-dealkylation sites (N-methyl/N-ethyl adjacent to an activating group) is 2. The molecule has 0 bridgehead atoms. The topological polar surface area (TPSA) is 65.1 Å². The fourth-order valence-electron chi connectivity index (χ4n) is 3.38. The van der Waals surface area contributed by atoms with Crippen molar-refractivity contribution in [3.8, 4) is 0 Å². The van der Waals surface area contributed by atoms with E-state index in [4.69, 9.17) is 0 Å². The van der Waals surface area contributed by atoms with Gasteiger partial charge in [0.1, 0.15) is 0 Å². The Kier molecular flexibility index (Phi) is 5.81. The van der Waals surface area contributed by atoms with Gasteiger partial charge in [-0.05, 0) is 56.0 Å². The molecule has 0 aliphatic heterocycles. The van der Waals surface area contributed by atoms with E-state index in [0.717, 1.165) is 30.6 Å². The Morgan fingerprint density at radius 1 is 1.12 bits per heavy atom. The third-order valence-corrected chi connectivity index (χ3v) is 4.81. The number of H-pyrrole nitrogens is 1. The van der Waals surface area contributed by atoms with Gasteiger partial charge in [-0.15, -0.1) is 0 Å². The van der Waals surface area contributed by atoms with Crippen molar-refractivity contribution in [2.45, 2.75) is 45.2 Å². The highest BCUT2D eigenvalue weighted by Gasteiger charge is 2.19. The largest absolute Gasteiger partial charge is 0.339 e. The summed E-state index contributed by atoms with van der Waals surface area (Å²) >= 11 is 0. The summed E-state index contributed by atoms with van der Waals surface area (Å²) in [4.78, 5) is 20.4. The summed E-state index contributed by atoms with van der Waals surface area (Å²) in [5, 5.41) is 7.65. The lowest BCUT2D eigenvalue weighted by atomic mass is 10.1. The maximum absolute atomic E-state index is 12.5. The van der Waals surface area contributed by atoms with Crippen molar-refractivity contribution >= 4 is 5.91 Å². The number of carbonyl (C=O) groups is 1. The third kappa shape index (κ3) is 4.66. The van der Waals surface area contributed by atoms with Gasteiger partial charge in [0.05, 0.1) is 18.8 Å². The molecule has 0 saturated carbocycles. The Balaban J connectivity index is 1.55. The quantitative estimate of drug-likeness (QED) is 0.818. The van der Waals surface area contributed by atoms with Crippen molar-refractivity contribution in [1.29, 1.82) is 0 Å². The summed E-state index contributed by atoms with van der Waals surface area (Å²) in [7, 11) is 3.83. The van der Waals surface area contributed by atoms with Crippen molar-refractivity contribution < 1.29 is 4.79 Å². The highest BCUT2D eigenvalue weighted by Crippen LogP contribution is 2.22. The van der Waals surface area contributed by atoms with E-state index in [1.165, 1.54) is 30.5 Å². The van der Waals surface area contributed by atoms with Gasteiger partial charge in [-0.25, -0.2) is 0 Å². The average Bonchev–Trinajstić information content (AvgIpc) is 2.82. The number of hydrogen-bond acceptors (Lipinski definition) is 4. The minimum absolute atomic E-state index is 0.113. The van der Waals surface area contributed by atoms with Gasteiger partial charge in [0.15, 0.2) is 0 Å². The number of nitrogens with one attached hydrogen (secondary N) is 1. The summed E-state index contributed by atoms with van der Waals surface area (Å²) in [6, 6.07) is 3.95. The molecule has 1 amide bonds. The standard InChI is InChI=1S/C19H27N5O/c1-23(12-15-8-10-20-11-9-15)14-19(25)24(2)13-18-16-6-4-3-5-7-17(16)21-22-18/h8-11H,3-7,12-14H2,1-2H3,(H,21,22). The SMILES string of the molecule is CN(CC(=O)N(C)Cc1n[nH]c2c1CCCCC2)Cc1ccncc1. The zero-order valence-corrected chi connectivity index (χ0v) is 15.2. The Hall–Kier alpha value is -2.21. The van der Waals surface area contributed by atoms with E-state index < -0.39 is 0 Å². The van der Waals surface area contributed by atoms with Crippen LogP contribution in [0.3, 0.4) is 0 Å². The molecule has 2 aromatic heterocycles. The summed E-state index contributed by atoms with van der Waals surface area (Å²) in [6.45, 7) is 1.71. The first-order chi connectivity index (χ1) is 12.1. The van der Waals surface area contributed by atoms with Crippen molar-refractivity contribution in [1.82, 2.24) is 25.0 Å². The zero-order valence-electron chi connectivity index (χ0n) is 15.2. The van der Waals surface area contributed by atoms with E-state index in [2.05, 4.69) is 15.2 Å². The van der Waals surface area contributed by atoms with Crippen LogP contribution >= 0.6 is 0 Å². The van der Waals surface area contributed by atoms with Crippen LogP contribution in [0.2, 0.25) is 0 Å². The first kappa shape index (κ1) is 17.6. The lowest BCUT2D eigenvalue weighted by Gasteiger charge is -2.21. The van der Waals surface area contributed by atoms with Crippen LogP contribution in [0.5, 0.6) is 0 Å². The molecule has 6 heteroatoms. The molecule has 0 spiro atoms. The lowest BCUT2D eigenvalue weighted by molar-refractivity contribution is -0.131. The molecule has 2 heterocycles. The van der Waals surface area contributed by atoms with Gasteiger partial charge in [-0.3, -0.25) is 19.8 Å². The van der Waals surface area contributed by atoms with Gasteiger partial charge in [0, 0.05) is 31.7 Å². The maximum atomic E-state index is 12.5. The predicted octanol–water partition coefficient (Wildman–Crippen LogP) is 2.16. The van der Waals surface area contributed by atoms with Crippen LogP contribution in [-0.2, 0) is 30.7 Å². The average molecular weight is 341 g/mol. The Bertz CT molecular complexity index is 697. The highest BCUT2D eigenvalue weighted by atomic mass is 16.2. The van der Waals surface area contributed by atoms with E-state index >= 15 is 0 Å². The van der Waals surface area contributed by atoms with Crippen molar-refractivity contribution in [2.75, 3.05) is 20.6 Å². The number of nitrogens with zero attached hydrogens (tertiary/aromatic N) is 4. The minimum atomic E-state index is 0.113. The molecule has 0 unspecified atom stereocenters. The van der Waals surface area contributed by atoms with E-state index in [9.17, 15) is 4.79 Å². The van der Waals surface area contributed by atoms with Gasteiger partial charge in [0.25, 0.3) is 0 Å². The molecule has 3 rings (SSSR count). The molecule has 0 atom stereocenters. The first-order valence-electron chi connectivity index (χ1n) is 9.00. The van der Waals surface area contributed by atoms with Crippen LogP contribution < -0.4 is 0 Å². The second-order valence-electron chi connectivity index (χ2n) is 6.97. The van der Waals surface area contributed by atoms with E-state index in [1.807, 2.05) is 31.1 Å². The fourth-order valence-corrected chi connectivity index (χ4v) is 3.38. The zero-order chi connectivity index (χ0) is 17.6. The number of fused-ring (bicyclic) bond motifs is 1. The van der Waals surface area contributed by atoms with E-state index in [-0.39, 0.29) is 5.91 Å². The van der Waals surface area contributed by atoms with Gasteiger partial charge in [-0.2, -0.15) is 5.10 Å². The molecule has 25 heavy (non-hydrogen) atoms. The molecule has 2 aromatic rings. The molecule has 0 aromatic carbocycles. The van der Waals surface area contributed by atoms with Crippen molar-refractivity contribution in [3.63, 3.8) is 0 Å². The van der Waals surface area contributed by atoms with Gasteiger partial charge in [0.2, 0.25) is 5.91 Å². The Morgan fingerprint density at radius 2 is 1.88 bits per heavy atom. The Labute approximate surface area is 149 Å². The Morgan fingerprint density at radius 3 is 2.68 bits per heavy atom. The third-order valence-electron chi connectivity index (χ3n) is 4.81. The number of aryl methyl sites for hydroxylation is 1. The number of rotatable bonds is 6. The highest BCUT2D eigenvalue weighted by molar-refractivity contribution is 5.77. The second-order valence-corrected chi connectivity index (χ2v) is 6.97. The molecule has 1 N–H and O–H groups in total. The van der Waals surface area contributed by atoms with Gasteiger partial charge in [-0.1, -0.05) is 6.42 Å². The minimum Gasteiger partial charge on any atom is -0.339 e. The van der Waals surface area contributed by atoms with Crippen LogP contribution in [0.4, 0.5) is 0 Å². The number of carbonyl (C=O) groups excluding carboxylic acids is 1. The molecule has 6 nitrogen and oxygen atoms in total. The molecule has 134 valence electrons. The number of aromatic nitrogens is 3. The molecule has 0 fully saturated rings.